The number of rotatable bonds is 3. The van der Waals surface area contributed by atoms with Crippen LogP contribution in [0.3, 0.4) is 0 Å². The smallest absolute Gasteiger partial charge is 0.127 e. The number of hydrogen-bond acceptors (Lipinski definition) is 1. The minimum Gasteiger partial charge on any atom is -0.310 e. The van der Waals surface area contributed by atoms with Crippen molar-refractivity contribution in [2.24, 2.45) is 0 Å². The zero-order valence-electron chi connectivity index (χ0n) is 7.47. The van der Waals surface area contributed by atoms with Crippen molar-refractivity contribution in [3.05, 3.63) is 35.6 Å². The number of benzene rings is 1. The predicted octanol–water partition coefficient (Wildman–Crippen LogP) is 2.32. The Morgan fingerprint density at radius 1 is 1.33 bits per heavy atom. The molecule has 66 valence electrons. The normalized spacial score (nSPS) is 10.7. The molecule has 0 unspecified atom stereocenters. The summed E-state index contributed by atoms with van der Waals surface area (Å²) in [6.45, 7) is 4.69. The lowest BCUT2D eigenvalue weighted by Gasteiger charge is -2.08. The van der Waals surface area contributed by atoms with Gasteiger partial charge in [-0.05, 0) is 6.07 Å². The molecule has 0 saturated heterocycles. The van der Waals surface area contributed by atoms with E-state index in [4.69, 9.17) is 0 Å². The van der Waals surface area contributed by atoms with E-state index in [2.05, 4.69) is 5.32 Å². The standard InChI is InChI=1S/C10H14FN/c1-8(2)12-7-9-5-3-4-6-10(9)11/h3-6,8,12H,7H2,1-2H3. The Kier molecular flexibility index (Phi) is 3.23. The molecular formula is C10H14FN. The monoisotopic (exact) mass is 167 g/mol. The highest BCUT2D eigenvalue weighted by molar-refractivity contribution is 5.16. The van der Waals surface area contributed by atoms with E-state index in [0.717, 1.165) is 5.56 Å². The summed E-state index contributed by atoms with van der Waals surface area (Å²) in [5.41, 5.74) is 0.728. The van der Waals surface area contributed by atoms with Gasteiger partial charge in [0.1, 0.15) is 5.82 Å². The Bertz CT molecular complexity index is 245. The van der Waals surface area contributed by atoms with E-state index < -0.39 is 0 Å². The van der Waals surface area contributed by atoms with Crippen molar-refractivity contribution in [3.63, 3.8) is 0 Å². The quantitative estimate of drug-likeness (QED) is 0.728. The van der Waals surface area contributed by atoms with Gasteiger partial charge in [-0.3, -0.25) is 0 Å². The van der Waals surface area contributed by atoms with Crippen LogP contribution in [0.5, 0.6) is 0 Å². The van der Waals surface area contributed by atoms with Crippen molar-refractivity contribution in [1.82, 2.24) is 5.32 Å². The molecule has 0 spiro atoms. The van der Waals surface area contributed by atoms with Crippen LogP contribution in [-0.4, -0.2) is 6.04 Å². The average Bonchev–Trinajstić information content (AvgIpc) is 2.03. The van der Waals surface area contributed by atoms with Gasteiger partial charge in [-0.15, -0.1) is 0 Å². The summed E-state index contributed by atoms with van der Waals surface area (Å²) in [4.78, 5) is 0. The molecule has 0 aromatic heterocycles. The minimum absolute atomic E-state index is 0.134. The van der Waals surface area contributed by atoms with Gasteiger partial charge in [-0.1, -0.05) is 32.0 Å². The van der Waals surface area contributed by atoms with Crippen LogP contribution in [0.2, 0.25) is 0 Å². The Morgan fingerprint density at radius 2 is 2.00 bits per heavy atom. The van der Waals surface area contributed by atoms with Crippen molar-refractivity contribution in [3.8, 4) is 0 Å². The minimum atomic E-state index is -0.134. The maximum Gasteiger partial charge on any atom is 0.127 e. The molecule has 0 aliphatic carbocycles. The Balaban J connectivity index is 2.57. The van der Waals surface area contributed by atoms with Crippen LogP contribution < -0.4 is 5.32 Å². The van der Waals surface area contributed by atoms with Crippen molar-refractivity contribution < 1.29 is 4.39 Å². The van der Waals surface area contributed by atoms with Gasteiger partial charge < -0.3 is 5.32 Å². The molecule has 1 aromatic rings. The third-order valence-electron chi connectivity index (χ3n) is 1.66. The lowest BCUT2D eigenvalue weighted by Crippen LogP contribution is -2.22. The van der Waals surface area contributed by atoms with E-state index in [1.807, 2.05) is 19.9 Å². The number of halogens is 1. The average molecular weight is 167 g/mol. The molecule has 0 saturated carbocycles. The first-order valence-electron chi connectivity index (χ1n) is 4.17. The molecule has 2 heteroatoms. The summed E-state index contributed by atoms with van der Waals surface area (Å²) in [6, 6.07) is 7.22. The number of hydrogen-bond donors (Lipinski definition) is 1. The van der Waals surface area contributed by atoms with Crippen molar-refractivity contribution in [2.45, 2.75) is 26.4 Å². The summed E-state index contributed by atoms with van der Waals surface area (Å²) in [5.74, 6) is -0.134. The Hall–Kier alpha value is -0.890. The molecule has 1 aromatic carbocycles. The summed E-state index contributed by atoms with van der Waals surface area (Å²) in [6.07, 6.45) is 0. The van der Waals surface area contributed by atoms with Gasteiger partial charge in [0.05, 0.1) is 0 Å². The maximum atomic E-state index is 13.0. The highest BCUT2D eigenvalue weighted by Gasteiger charge is 1.99. The molecule has 1 N–H and O–H groups in total. The molecule has 1 nitrogen and oxygen atoms in total. The summed E-state index contributed by atoms with van der Waals surface area (Å²) in [5, 5.41) is 3.16. The zero-order chi connectivity index (χ0) is 8.97. The van der Waals surface area contributed by atoms with Crippen molar-refractivity contribution in [1.29, 1.82) is 0 Å². The van der Waals surface area contributed by atoms with Crippen LogP contribution in [0.1, 0.15) is 19.4 Å². The Morgan fingerprint density at radius 3 is 2.58 bits per heavy atom. The van der Waals surface area contributed by atoms with Crippen LogP contribution in [-0.2, 0) is 6.54 Å². The van der Waals surface area contributed by atoms with Crippen molar-refractivity contribution >= 4 is 0 Å². The third-order valence-corrected chi connectivity index (χ3v) is 1.66. The second-order valence-electron chi connectivity index (χ2n) is 3.13. The topological polar surface area (TPSA) is 12.0 Å². The largest absolute Gasteiger partial charge is 0.310 e. The molecule has 0 amide bonds. The summed E-state index contributed by atoms with van der Waals surface area (Å²) >= 11 is 0. The van der Waals surface area contributed by atoms with Gasteiger partial charge in [0, 0.05) is 18.2 Å². The van der Waals surface area contributed by atoms with Gasteiger partial charge in [-0.25, -0.2) is 4.39 Å². The fourth-order valence-corrected chi connectivity index (χ4v) is 0.956. The van der Waals surface area contributed by atoms with Crippen LogP contribution in [0.4, 0.5) is 4.39 Å². The second-order valence-corrected chi connectivity index (χ2v) is 3.13. The summed E-state index contributed by atoms with van der Waals surface area (Å²) in [7, 11) is 0. The lowest BCUT2D eigenvalue weighted by atomic mass is 10.2. The van der Waals surface area contributed by atoms with Gasteiger partial charge >= 0.3 is 0 Å². The predicted molar refractivity (Wildman–Crippen MR) is 48.4 cm³/mol. The molecule has 0 radical (unpaired) electrons. The molecular weight excluding hydrogens is 153 g/mol. The lowest BCUT2D eigenvalue weighted by molar-refractivity contribution is 0.553. The van der Waals surface area contributed by atoms with E-state index in [9.17, 15) is 4.39 Å². The molecule has 0 bridgehead atoms. The van der Waals surface area contributed by atoms with Crippen LogP contribution in [0.15, 0.2) is 24.3 Å². The Labute approximate surface area is 72.6 Å². The first kappa shape index (κ1) is 9.20. The first-order valence-corrected chi connectivity index (χ1v) is 4.17. The van der Waals surface area contributed by atoms with E-state index in [1.54, 1.807) is 12.1 Å². The highest BCUT2D eigenvalue weighted by atomic mass is 19.1. The van der Waals surface area contributed by atoms with Crippen LogP contribution in [0, 0.1) is 5.82 Å². The molecule has 12 heavy (non-hydrogen) atoms. The van der Waals surface area contributed by atoms with Crippen LogP contribution >= 0.6 is 0 Å². The number of nitrogens with one attached hydrogen (secondary N) is 1. The van der Waals surface area contributed by atoms with Gasteiger partial charge in [0.25, 0.3) is 0 Å². The van der Waals surface area contributed by atoms with Gasteiger partial charge in [0.15, 0.2) is 0 Å². The molecule has 0 atom stereocenters. The molecule has 0 aliphatic heterocycles. The van der Waals surface area contributed by atoms with E-state index in [-0.39, 0.29) is 5.82 Å². The maximum absolute atomic E-state index is 13.0. The van der Waals surface area contributed by atoms with E-state index in [0.29, 0.717) is 12.6 Å². The fraction of sp³-hybridized carbons (Fsp3) is 0.400. The van der Waals surface area contributed by atoms with E-state index >= 15 is 0 Å². The molecule has 0 aliphatic rings. The van der Waals surface area contributed by atoms with Crippen molar-refractivity contribution in [2.75, 3.05) is 0 Å². The fourth-order valence-electron chi connectivity index (χ4n) is 0.956. The van der Waals surface area contributed by atoms with Gasteiger partial charge in [0.2, 0.25) is 0 Å². The van der Waals surface area contributed by atoms with Crippen LogP contribution in [0.25, 0.3) is 0 Å². The molecule has 0 heterocycles. The zero-order valence-corrected chi connectivity index (χ0v) is 7.47. The second kappa shape index (κ2) is 4.21. The van der Waals surface area contributed by atoms with E-state index in [1.165, 1.54) is 6.07 Å². The van der Waals surface area contributed by atoms with Gasteiger partial charge in [-0.2, -0.15) is 0 Å². The molecule has 1 rings (SSSR count). The third kappa shape index (κ3) is 2.62. The SMILES string of the molecule is CC(C)NCc1ccccc1F. The summed E-state index contributed by atoms with van der Waals surface area (Å²) < 4.78 is 13.0. The first-order chi connectivity index (χ1) is 5.70. The molecule has 0 fully saturated rings. The highest BCUT2D eigenvalue weighted by Crippen LogP contribution is 2.05.